The molecule has 0 atom stereocenters. The minimum absolute atomic E-state index is 0.718. The molecule has 1 aliphatic rings. The maximum Gasteiger partial charge on any atom is 0.191 e. The molecule has 27 heavy (non-hydrogen) atoms. The van der Waals surface area contributed by atoms with Crippen molar-refractivity contribution in [3.8, 4) is 5.75 Å². The Hall–Kier alpha value is -2.34. The summed E-state index contributed by atoms with van der Waals surface area (Å²) in [6.07, 6.45) is 0. The minimum atomic E-state index is 0.718. The Morgan fingerprint density at radius 1 is 0.963 bits per heavy atom. The van der Waals surface area contributed by atoms with Gasteiger partial charge in [0.15, 0.2) is 5.96 Å². The number of anilines is 1. The van der Waals surface area contributed by atoms with Crippen molar-refractivity contribution < 1.29 is 4.74 Å². The first kappa shape index (κ1) is 19.4. The van der Waals surface area contributed by atoms with E-state index in [2.05, 4.69) is 56.9 Å². The van der Waals surface area contributed by atoms with E-state index in [1.165, 1.54) is 28.3 Å². The van der Waals surface area contributed by atoms with Crippen LogP contribution in [0.15, 0.2) is 53.5 Å². The zero-order valence-corrected chi connectivity index (χ0v) is 16.9. The zero-order chi connectivity index (χ0) is 18.9. The second-order valence-corrected chi connectivity index (χ2v) is 7.62. The molecule has 2 N–H and O–H groups in total. The number of guanidine groups is 1. The molecule has 0 amide bonds. The summed E-state index contributed by atoms with van der Waals surface area (Å²) in [7, 11) is 3.47. The lowest BCUT2D eigenvalue weighted by molar-refractivity contribution is 0.414. The standard InChI is InChI=1S/C21H28N4OS/c1-22-21(24-16-18-5-9-20(26-2)10-6-18)23-15-17-3-7-19(8-4-17)25-11-13-27-14-12-25/h3-10H,11-16H2,1-2H3,(H2,22,23,24). The molecule has 0 bridgehead atoms. The molecule has 0 unspecified atom stereocenters. The van der Waals surface area contributed by atoms with Gasteiger partial charge < -0.3 is 20.3 Å². The number of hydrogen-bond donors (Lipinski definition) is 2. The summed E-state index contributed by atoms with van der Waals surface area (Å²) < 4.78 is 5.19. The highest BCUT2D eigenvalue weighted by Gasteiger charge is 2.10. The number of nitrogens with one attached hydrogen (secondary N) is 2. The Kier molecular flexibility index (Phi) is 7.27. The van der Waals surface area contributed by atoms with E-state index in [4.69, 9.17) is 4.74 Å². The highest BCUT2D eigenvalue weighted by Crippen LogP contribution is 2.19. The number of methoxy groups -OCH3 is 1. The molecule has 0 radical (unpaired) electrons. The molecule has 6 heteroatoms. The third-order valence-electron chi connectivity index (χ3n) is 4.62. The SMILES string of the molecule is CN=C(NCc1ccc(OC)cc1)NCc1ccc(N2CCSCC2)cc1. The predicted molar refractivity (Wildman–Crippen MR) is 116 cm³/mol. The first-order chi connectivity index (χ1) is 13.3. The van der Waals surface area contributed by atoms with E-state index in [1.807, 2.05) is 23.9 Å². The monoisotopic (exact) mass is 384 g/mol. The van der Waals surface area contributed by atoms with Gasteiger partial charge in [-0.25, -0.2) is 0 Å². The first-order valence-corrected chi connectivity index (χ1v) is 10.4. The number of rotatable bonds is 6. The van der Waals surface area contributed by atoms with Crippen molar-refractivity contribution in [1.82, 2.24) is 10.6 Å². The Morgan fingerprint density at radius 3 is 2.04 bits per heavy atom. The summed E-state index contributed by atoms with van der Waals surface area (Å²) in [5, 5.41) is 6.72. The van der Waals surface area contributed by atoms with Crippen LogP contribution < -0.4 is 20.3 Å². The minimum Gasteiger partial charge on any atom is -0.497 e. The number of ether oxygens (including phenoxy) is 1. The Bertz CT molecular complexity index is 725. The van der Waals surface area contributed by atoms with Crippen molar-refractivity contribution in [2.75, 3.05) is 43.7 Å². The van der Waals surface area contributed by atoms with Crippen molar-refractivity contribution in [3.63, 3.8) is 0 Å². The molecular formula is C21H28N4OS. The van der Waals surface area contributed by atoms with Crippen molar-refractivity contribution >= 4 is 23.4 Å². The summed E-state index contributed by atoms with van der Waals surface area (Å²) >= 11 is 2.04. The molecular weight excluding hydrogens is 356 g/mol. The van der Waals surface area contributed by atoms with Crippen LogP contribution in [0.2, 0.25) is 0 Å². The second kappa shape index (κ2) is 10.1. The van der Waals surface area contributed by atoms with E-state index in [0.717, 1.165) is 37.9 Å². The van der Waals surface area contributed by atoms with Gasteiger partial charge in [0, 0.05) is 50.4 Å². The van der Waals surface area contributed by atoms with E-state index in [0.29, 0.717) is 0 Å². The first-order valence-electron chi connectivity index (χ1n) is 9.27. The summed E-state index contributed by atoms with van der Waals surface area (Å²) in [6, 6.07) is 16.9. The van der Waals surface area contributed by atoms with Gasteiger partial charge in [-0.05, 0) is 35.4 Å². The van der Waals surface area contributed by atoms with Crippen molar-refractivity contribution in [2.24, 2.45) is 4.99 Å². The van der Waals surface area contributed by atoms with Gasteiger partial charge in [0.2, 0.25) is 0 Å². The third kappa shape index (κ3) is 5.82. The zero-order valence-electron chi connectivity index (χ0n) is 16.1. The Balaban J connectivity index is 1.47. The summed E-state index contributed by atoms with van der Waals surface area (Å²) in [4.78, 5) is 6.76. The van der Waals surface area contributed by atoms with E-state index in [-0.39, 0.29) is 0 Å². The molecule has 0 aliphatic carbocycles. The highest BCUT2D eigenvalue weighted by atomic mass is 32.2. The maximum absolute atomic E-state index is 5.19. The number of aliphatic imine (C=N–C) groups is 1. The lowest BCUT2D eigenvalue weighted by Gasteiger charge is -2.28. The van der Waals surface area contributed by atoms with E-state index >= 15 is 0 Å². The lowest BCUT2D eigenvalue weighted by atomic mass is 10.2. The normalized spacial score (nSPS) is 14.7. The molecule has 1 aliphatic heterocycles. The maximum atomic E-state index is 5.19. The van der Waals surface area contributed by atoms with Gasteiger partial charge in [-0.1, -0.05) is 24.3 Å². The Labute approximate surface area is 166 Å². The molecule has 1 saturated heterocycles. The van der Waals surface area contributed by atoms with Crippen LogP contribution in [0, 0.1) is 0 Å². The molecule has 144 valence electrons. The van der Waals surface area contributed by atoms with Crippen molar-refractivity contribution in [2.45, 2.75) is 13.1 Å². The van der Waals surface area contributed by atoms with Gasteiger partial charge in [0.05, 0.1) is 7.11 Å². The highest BCUT2D eigenvalue weighted by molar-refractivity contribution is 7.99. The summed E-state index contributed by atoms with van der Waals surface area (Å²) in [5.74, 6) is 4.11. The van der Waals surface area contributed by atoms with Gasteiger partial charge in [-0.15, -0.1) is 0 Å². The molecule has 0 saturated carbocycles. The molecule has 1 heterocycles. The lowest BCUT2D eigenvalue weighted by Crippen LogP contribution is -2.36. The quantitative estimate of drug-likeness (QED) is 0.592. The van der Waals surface area contributed by atoms with Gasteiger partial charge in [0.25, 0.3) is 0 Å². The second-order valence-electron chi connectivity index (χ2n) is 6.39. The van der Waals surface area contributed by atoms with Crippen LogP contribution in [0.5, 0.6) is 5.75 Å². The number of thioether (sulfide) groups is 1. The molecule has 1 fully saturated rings. The Morgan fingerprint density at radius 2 is 1.52 bits per heavy atom. The number of hydrogen-bond acceptors (Lipinski definition) is 4. The average molecular weight is 385 g/mol. The topological polar surface area (TPSA) is 48.9 Å². The molecule has 2 aromatic rings. The van der Waals surface area contributed by atoms with Gasteiger partial charge >= 0.3 is 0 Å². The van der Waals surface area contributed by atoms with Crippen LogP contribution >= 0.6 is 11.8 Å². The fraction of sp³-hybridized carbons (Fsp3) is 0.381. The third-order valence-corrected chi connectivity index (χ3v) is 5.56. The van der Waals surface area contributed by atoms with Crippen LogP contribution in [0.1, 0.15) is 11.1 Å². The van der Waals surface area contributed by atoms with Crippen molar-refractivity contribution in [1.29, 1.82) is 0 Å². The van der Waals surface area contributed by atoms with Gasteiger partial charge in [-0.2, -0.15) is 11.8 Å². The van der Waals surface area contributed by atoms with E-state index in [1.54, 1.807) is 14.2 Å². The smallest absolute Gasteiger partial charge is 0.191 e. The van der Waals surface area contributed by atoms with E-state index < -0.39 is 0 Å². The number of nitrogens with zero attached hydrogens (tertiary/aromatic N) is 2. The fourth-order valence-corrected chi connectivity index (χ4v) is 3.88. The van der Waals surface area contributed by atoms with Crippen LogP contribution in [0.4, 0.5) is 5.69 Å². The van der Waals surface area contributed by atoms with Crippen LogP contribution in [0.3, 0.4) is 0 Å². The van der Waals surface area contributed by atoms with Gasteiger partial charge in [0.1, 0.15) is 5.75 Å². The van der Waals surface area contributed by atoms with E-state index in [9.17, 15) is 0 Å². The van der Waals surface area contributed by atoms with Crippen LogP contribution in [-0.2, 0) is 13.1 Å². The van der Waals surface area contributed by atoms with Crippen molar-refractivity contribution in [3.05, 3.63) is 59.7 Å². The largest absolute Gasteiger partial charge is 0.497 e. The molecule has 0 aromatic heterocycles. The fourth-order valence-electron chi connectivity index (χ4n) is 2.98. The van der Waals surface area contributed by atoms with Crippen LogP contribution in [-0.4, -0.2) is 44.7 Å². The average Bonchev–Trinajstić information content (AvgIpc) is 2.75. The number of benzene rings is 2. The summed E-state index contributed by atoms with van der Waals surface area (Å²) in [6.45, 7) is 3.75. The van der Waals surface area contributed by atoms with Gasteiger partial charge in [-0.3, -0.25) is 4.99 Å². The predicted octanol–water partition coefficient (Wildman–Crippen LogP) is 3.11. The molecule has 2 aromatic carbocycles. The van der Waals surface area contributed by atoms with Crippen LogP contribution in [0.25, 0.3) is 0 Å². The molecule has 5 nitrogen and oxygen atoms in total. The summed E-state index contributed by atoms with van der Waals surface area (Å²) in [5.41, 5.74) is 3.75. The molecule has 3 rings (SSSR count). The molecule has 0 spiro atoms.